The van der Waals surface area contributed by atoms with E-state index in [4.69, 9.17) is 4.74 Å². The fourth-order valence-electron chi connectivity index (χ4n) is 2.34. The lowest BCUT2D eigenvalue weighted by molar-refractivity contribution is -0.143. The third-order valence-electron chi connectivity index (χ3n) is 3.35. The van der Waals surface area contributed by atoms with Crippen LogP contribution in [0.3, 0.4) is 0 Å². The zero-order valence-corrected chi connectivity index (χ0v) is 14.9. The van der Waals surface area contributed by atoms with Crippen molar-refractivity contribution in [3.63, 3.8) is 0 Å². The SMILES string of the molecule is CC(C)(C)OC(=O)N1CCN(c2cncc(Br)c2)C[C@H]1C(=O)O. The lowest BCUT2D eigenvalue weighted by Gasteiger charge is -2.40. The molecular formula is C15H20BrN3O4. The fourth-order valence-corrected chi connectivity index (χ4v) is 2.69. The first-order valence-corrected chi connectivity index (χ1v) is 8.04. The fraction of sp³-hybridized carbons (Fsp3) is 0.533. The number of amides is 1. The van der Waals surface area contributed by atoms with Gasteiger partial charge in [-0.15, -0.1) is 0 Å². The molecular weight excluding hydrogens is 366 g/mol. The van der Waals surface area contributed by atoms with E-state index in [9.17, 15) is 14.7 Å². The molecule has 0 radical (unpaired) electrons. The molecule has 0 bridgehead atoms. The average molecular weight is 386 g/mol. The molecule has 8 heteroatoms. The highest BCUT2D eigenvalue weighted by atomic mass is 79.9. The number of hydrogen-bond acceptors (Lipinski definition) is 5. The molecule has 1 fully saturated rings. The van der Waals surface area contributed by atoms with Crippen molar-refractivity contribution in [2.75, 3.05) is 24.5 Å². The zero-order valence-electron chi connectivity index (χ0n) is 13.3. The lowest BCUT2D eigenvalue weighted by Crippen LogP contribution is -2.59. The summed E-state index contributed by atoms with van der Waals surface area (Å²) < 4.78 is 6.12. The zero-order chi connectivity index (χ0) is 17.2. The van der Waals surface area contributed by atoms with Crippen molar-refractivity contribution >= 4 is 33.7 Å². The average Bonchev–Trinajstić information content (AvgIpc) is 2.44. The molecule has 0 spiro atoms. The van der Waals surface area contributed by atoms with Crippen LogP contribution >= 0.6 is 15.9 Å². The van der Waals surface area contributed by atoms with Gasteiger partial charge < -0.3 is 14.7 Å². The molecule has 2 heterocycles. The van der Waals surface area contributed by atoms with Crippen molar-refractivity contribution in [1.29, 1.82) is 0 Å². The van der Waals surface area contributed by atoms with Crippen molar-refractivity contribution < 1.29 is 19.4 Å². The largest absolute Gasteiger partial charge is 0.480 e. The summed E-state index contributed by atoms with van der Waals surface area (Å²) in [5, 5.41) is 9.47. The third kappa shape index (κ3) is 4.57. The van der Waals surface area contributed by atoms with Crippen LogP contribution in [0.4, 0.5) is 10.5 Å². The number of nitrogens with zero attached hydrogens (tertiary/aromatic N) is 3. The number of halogens is 1. The Kier molecular flexibility index (Phi) is 5.13. The van der Waals surface area contributed by atoms with Crippen molar-refractivity contribution in [2.45, 2.75) is 32.4 Å². The van der Waals surface area contributed by atoms with Crippen LogP contribution in [0.1, 0.15) is 20.8 Å². The van der Waals surface area contributed by atoms with E-state index in [1.165, 1.54) is 4.90 Å². The van der Waals surface area contributed by atoms with Gasteiger partial charge in [-0.25, -0.2) is 9.59 Å². The smallest absolute Gasteiger partial charge is 0.411 e. The molecule has 1 aliphatic rings. The van der Waals surface area contributed by atoms with Crippen LogP contribution in [-0.2, 0) is 9.53 Å². The van der Waals surface area contributed by atoms with Crippen LogP contribution in [0.5, 0.6) is 0 Å². The van der Waals surface area contributed by atoms with Gasteiger partial charge in [0.05, 0.1) is 11.9 Å². The molecule has 1 N–H and O–H groups in total. The van der Waals surface area contributed by atoms with Crippen LogP contribution in [0.15, 0.2) is 22.9 Å². The van der Waals surface area contributed by atoms with E-state index in [2.05, 4.69) is 20.9 Å². The summed E-state index contributed by atoms with van der Waals surface area (Å²) in [6, 6.07) is 0.910. The second-order valence-electron chi connectivity index (χ2n) is 6.34. The Balaban J connectivity index is 2.15. The van der Waals surface area contributed by atoms with Gasteiger partial charge in [-0.3, -0.25) is 9.88 Å². The Labute approximate surface area is 143 Å². The molecule has 1 saturated heterocycles. The minimum Gasteiger partial charge on any atom is -0.480 e. The van der Waals surface area contributed by atoms with E-state index < -0.39 is 23.7 Å². The molecule has 0 saturated carbocycles. The summed E-state index contributed by atoms with van der Waals surface area (Å²) in [6.45, 7) is 6.24. The number of piperazine rings is 1. The summed E-state index contributed by atoms with van der Waals surface area (Å²) in [5.41, 5.74) is 0.153. The Morgan fingerprint density at radius 1 is 1.35 bits per heavy atom. The van der Waals surface area contributed by atoms with Gasteiger partial charge in [0, 0.05) is 30.3 Å². The quantitative estimate of drug-likeness (QED) is 0.840. The predicted molar refractivity (Wildman–Crippen MR) is 88.5 cm³/mol. The number of aliphatic carboxylic acids is 1. The Hall–Kier alpha value is -1.83. The van der Waals surface area contributed by atoms with Crippen LogP contribution in [-0.4, -0.2) is 58.3 Å². The number of rotatable bonds is 2. The molecule has 7 nitrogen and oxygen atoms in total. The van der Waals surface area contributed by atoms with Gasteiger partial charge in [-0.1, -0.05) is 0 Å². The molecule has 0 unspecified atom stereocenters. The van der Waals surface area contributed by atoms with E-state index in [1.54, 1.807) is 33.2 Å². The first-order chi connectivity index (χ1) is 10.7. The van der Waals surface area contributed by atoms with E-state index >= 15 is 0 Å². The normalized spacial score (nSPS) is 18.7. The van der Waals surface area contributed by atoms with Crippen LogP contribution < -0.4 is 4.90 Å². The predicted octanol–water partition coefficient (Wildman–Crippen LogP) is 2.35. The van der Waals surface area contributed by atoms with Gasteiger partial charge in [-0.05, 0) is 42.8 Å². The lowest BCUT2D eigenvalue weighted by atomic mass is 10.1. The maximum atomic E-state index is 12.2. The number of ether oxygens (including phenoxy) is 1. The maximum Gasteiger partial charge on any atom is 0.411 e. The van der Waals surface area contributed by atoms with Gasteiger partial charge in [0.15, 0.2) is 0 Å². The number of aromatic nitrogens is 1. The molecule has 1 amide bonds. The number of hydrogen-bond donors (Lipinski definition) is 1. The molecule has 126 valence electrons. The summed E-state index contributed by atoms with van der Waals surface area (Å²) in [5.74, 6) is -1.05. The molecule has 1 aromatic rings. The highest BCUT2D eigenvalue weighted by Crippen LogP contribution is 2.23. The van der Waals surface area contributed by atoms with Gasteiger partial charge in [0.2, 0.25) is 0 Å². The van der Waals surface area contributed by atoms with Crippen LogP contribution in [0.2, 0.25) is 0 Å². The summed E-state index contributed by atoms with van der Waals surface area (Å²) >= 11 is 3.35. The standard InChI is InChI=1S/C15H20BrN3O4/c1-15(2,3)23-14(22)19-5-4-18(9-12(19)13(20)21)11-6-10(16)7-17-8-11/h6-8,12H,4-5,9H2,1-3H3,(H,20,21)/t12-/m0/s1. The molecule has 23 heavy (non-hydrogen) atoms. The Morgan fingerprint density at radius 2 is 2.04 bits per heavy atom. The van der Waals surface area contributed by atoms with Gasteiger partial charge in [0.25, 0.3) is 0 Å². The molecule has 0 aliphatic carbocycles. The third-order valence-corrected chi connectivity index (χ3v) is 3.78. The van der Waals surface area contributed by atoms with Crippen molar-refractivity contribution in [3.8, 4) is 0 Å². The van der Waals surface area contributed by atoms with Crippen molar-refractivity contribution in [3.05, 3.63) is 22.9 Å². The van der Waals surface area contributed by atoms with E-state index in [0.717, 1.165) is 10.2 Å². The molecule has 1 aromatic heterocycles. The second kappa shape index (κ2) is 6.74. The molecule has 1 aliphatic heterocycles. The monoisotopic (exact) mass is 385 g/mol. The minimum atomic E-state index is -1.05. The van der Waals surface area contributed by atoms with Crippen LogP contribution in [0.25, 0.3) is 0 Å². The van der Waals surface area contributed by atoms with Crippen molar-refractivity contribution in [2.24, 2.45) is 0 Å². The molecule has 2 rings (SSSR count). The first kappa shape index (κ1) is 17.5. The minimum absolute atomic E-state index is 0.187. The topological polar surface area (TPSA) is 83.0 Å². The van der Waals surface area contributed by atoms with Crippen LogP contribution in [0, 0.1) is 0 Å². The summed E-state index contributed by atoms with van der Waals surface area (Å²) in [7, 11) is 0. The number of pyridine rings is 1. The Morgan fingerprint density at radius 3 is 2.61 bits per heavy atom. The number of carbonyl (C=O) groups is 2. The van der Waals surface area contributed by atoms with Gasteiger partial charge >= 0.3 is 12.1 Å². The second-order valence-corrected chi connectivity index (χ2v) is 7.25. The number of carbonyl (C=O) groups excluding carboxylic acids is 1. The number of carboxylic acids is 1. The highest BCUT2D eigenvalue weighted by Gasteiger charge is 2.37. The summed E-state index contributed by atoms with van der Waals surface area (Å²) in [6.07, 6.45) is 2.74. The van der Waals surface area contributed by atoms with E-state index in [0.29, 0.717) is 6.54 Å². The Bertz CT molecular complexity index is 603. The summed E-state index contributed by atoms with van der Waals surface area (Å²) in [4.78, 5) is 31.1. The van der Waals surface area contributed by atoms with Gasteiger partial charge in [-0.2, -0.15) is 0 Å². The van der Waals surface area contributed by atoms with Crippen molar-refractivity contribution in [1.82, 2.24) is 9.88 Å². The number of carboxylic acid groups (broad SMARTS) is 1. The molecule has 1 atom stereocenters. The first-order valence-electron chi connectivity index (χ1n) is 7.25. The van der Waals surface area contributed by atoms with E-state index in [-0.39, 0.29) is 13.1 Å². The highest BCUT2D eigenvalue weighted by molar-refractivity contribution is 9.10. The molecule has 0 aromatic carbocycles. The van der Waals surface area contributed by atoms with E-state index in [1.807, 2.05) is 11.0 Å². The van der Waals surface area contributed by atoms with Gasteiger partial charge in [0.1, 0.15) is 11.6 Å². The maximum absolute atomic E-state index is 12.2. The number of anilines is 1.